The molecule has 1 aliphatic carbocycles. The third-order valence-corrected chi connectivity index (χ3v) is 3.70. The first kappa shape index (κ1) is 17.8. The molecule has 1 unspecified atom stereocenters. The first-order valence-electron chi connectivity index (χ1n) is 7.40. The number of carboxylic acids is 1. The van der Waals surface area contributed by atoms with Crippen LogP contribution in [0.15, 0.2) is 0 Å². The normalized spacial score (nSPS) is 17.9. The van der Waals surface area contributed by atoms with Gasteiger partial charge in [0.1, 0.15) is 5.60 Å². The average Bonchev–Trinajstić information content (AvgIpc) is 3.15. The van der Waals surface area contributed by atoms with Crippen molar-refractivity contribution < 1.29 is 24.2 Å². The maximum atomic E-state index is 11.8. The van der Waals surface area contributed by atoms with Gasteiger partial charge in [0.15, 0.2) is 0 Å². The molecule has 122 valence electrons. The van der Waals surface area contributed by atoms with Gasteiger partial charge in [0.25, 0.3) is 0 Å². The number of methoxy groups -OCH3 is 1. The van der Waals surface area contributed by atoms with E-state index in [2.05, 4.69) is 5.32 Å². The van der Waals surface area contributed by atoms with E-state index in [4.69, 9.17) is 9.47 Å². The summed E-state index contributed by atoms with van der Waals surface area (Å²) in [6.45, 7) is 5.95. The number of amides is 1. The molecule has 0 spiro atoms. The van der Waals surface area contributed by atoms with E-state index < -0.39 is 23.1 Å². The summed E-state index contributed by atoms with van der Waals surface area (Å²) in [5.74, 6) is -0.723. The predicted molar refractivity (Wildman–Crippen MR) is 78.1 cm³/mol. The van der Waals surface area contributed by atoms with Crippen LogP contribution in [0, 0.1) is 11.3 Å². The van der Waals surface area contributed by atoms with E-state index in [1.807, 2.05) is 0 Å². The molecule has 6 heteroatoms. The molecule has 1 atom stereocenters. The smallest absolute Gasteiger partial charge is 0.407 e. The largest absolute Gasteiger partial charge is 0.481 e. The Morgan fingerprint density at radius 1 is 1.29 bits per heavy atom. The van der Waals surface area contributed by atoms with Gasteiger partial charge in [-0.25, -0.2) is 4.79 Å². The van der Waals surface area contributed by atoms with Crippen molar-refractivity contribution in [3.63, 3.8) is 0 Å². The number of carboxylic acid groups (broad SMARTS) is 1. The first-order valence-corrected chi connectivity index (χ1v) is 7.40. The number of nitrogens with one attached hydrogen (secondary N) is 1. The van der Waals surface area contributed by atoms with Crippen LogP contribution in [0.2, 0.25) is 0 Å². The van der Waals surface area contributed by atoms with Crippen LogP contribution in [0.5, 0.6) is 0 Å². The van der Waals surface area contributed by atoms with Crippen molar-refractivity contribution in [2.75, 3.05) is 20.3 Å². The number of alkyl carbamates (subject to hydrolysis) is 1. The Morgan fingerprint density at radius 2 is 1.90 bits per heavy atom. The second-order valence-corrected chi connectivity index (χ2v) is 6.69. The van der Waals surface area contributed by atoms with E-state index in [-0.39, 0.29) is 12.5 Å². The lowest BCUT2D eigenvalue weighted by Gasteiger charge is -2.30. The Kier molecular flexibility index (Phi) is 6.01. The number of hydrogen-bond donors (Lipinski definition) is 2. The molecule has 0 bridgehead atoms. The Morgan fingerprint density at radius 3 is 2.33 bits per heavy atom. The van der Waals surface area contributed by atoms with Gasteiger partial charge in [-0.1, -0.05) is 0 Å². The lowest BCUT2D eigenvalue weighted by atomic mass is 9.78. The third-order valence-electron chi connectivity index (χ3n) is 3.70. The number of aliphatic carboxylic acids is 1. The monoisotopic (exact) mass is 301 g/mol. The van der Waals surface area contributed by atoms with Gasteiger partial charge in [-0.05, 0) is 52.4 Å². The lowest BCUT2D eigenvalue weighted by Crippen LogP contribution is -2.46. The number of carbonyl (C=O) groups is 2. The van der Waals surface area contributed by atoms with Crippen molar-refractivity contribution >= 4 is 12.1 Å². The Bertz CT molecular complexity index is 373. The second-order valence-electron chi connectivity index (χ2n) is 6.69. The summed E-state index contributed by atoms with van der Waals surface area (Å²) in [4.78, 5) is 23.5. The molecule has 0 aromatic heterocycles. The molecule has 2 N–H and O–H groups in total. The Balaban J connectivity index is 2.64. The molecule has 6 nitrogen and oxygen atoms in total. The third kappa shape index (κ3) is 5.53. The number of hydrogen-bond acceptors (Lipinski definition) is 4. The molecule has 1 rings (SSSR count). The molecule has 1 aliphatic rings. The molecule has 0 aromatic rings. The summed E-state index contributed by atoms with van der Waals surface area (Å²) in [7, 11) is 1.60. The van der Waals surface area contributed by atoms with Crippen LogP contribution in [-0.2, 0) is 14.3 Å². The highest BCUT2D eigenvalue weighted by Crippen LogP contribution is 2.48. The van der Waals surface area contributed by atoms with Gasteiger partial charge in [0.2, 0.25) is 0 Å². The summed E-state index contributed by atoms with van der Waals surface area (Å²) in [5, 5.41) is 12.3. The minimum absolute atomic E-state index is 0.103. The molecule has 1 amide bonds. The minimum atomic E-state index is -0.907. The highest BCUT2D eigenvalue weighted by Gasteiger charge is 2.50. The van der Waals surface area contributed by atoms with Gasteiger partial charge in [0, 0.05) is 20.3 Å². The second kappa shape index (κ2) is 7.11. The standard InChI is InChI=1S/C15H27NO5/c1-14(2,3)21-13(19)16-10-15(12(17)18,11-6-7-11)8-5-9-20-4/h11H,5-10H2,1-4H3,(H,16,19)(H,17,18). The fourth-order valence-corrected chi connectivity index (χ4v) is 2.51. The molecule has 0 aromatic carbocycles. The fourth-order valence-electron chi connectivity index (χ4n) is 2.51. The molecule has 1 fully saturated rings. The van der Waals surface area contributed by atoms with Crippen LogP contribution in [-0.4, -0.2) is 43.0 Å². The van der Waals surface area contributed by atoms with Crippen molar-refractivity contribution in [1.82, 2.24) is 5.32 Å². The van der Waals surface area contributed by atoms with Gasteiger partial charge >= 0.3 is 12.1 Å². The van der Waals surface area contributed by atoms with Crippen LogP contribution >= 0.6 is 0 Å². The van der Waals surface area contributed by atoms with E-state index >= 15 is 0 Å². The molecule has 0 saturated heterocycles. The van der Waals surface area contributed by atoms with Gasteiger partial charge < -0.3 is 19.9 Å². The summed E-state index contributed by atoms with van der Waals surface area (Å²) < 4.78 is 10.2. The molecular formula is C15H27NO5. The number of rotatable bonds is 8. The lowest BCUT2D eigenvalue weighted by molar-refractivity contribution is -0.150. The highest BCUT2D eigenvalue weighted by molar-refractivity contribution is 5.77. The molecule has 0 aliphatic heterocycles. The van der Waals surface area contributed by atoms with Crippen molar-refractivity contribution in [1.29, 1.82) is 0 Å². The quantitative estimate of drug-likeness (QED) is 0.673. The molecular weight excluding hydrogens is 274 g/mol. The fraction of sp³-hybridized carbons (Fsp3) is 0.867. The van der Waals surface area contributed by atoms with E-state index in [9.17, 15) is 14.7 Å². The Hall–Kier alpha value is -1.30. The predicted octanol–water partition coefficient (Wildman–Crippen LogP) is 2.42. The van der Waals surface area contributed by atoms with Crippen LogP contribution in [0.25, 0.3) is 0 Å². The summed E-state index contributed by atoms with van der Waals surface area (Å²) in [6, 6.07) is 0. The summed E-state index contributed by atoms with van der Waals surface area (Å²) >= 11 is 0. The Labute approximate surface area is 126 Å². The van der Waals surface area contributed by atoms with E-state index in [0.29, 0.717) is 19.4 Å². The van der Waals surface area contributed by atoms with E-state index in [1.54, 1.807) is 27.9 Å². The molecule has 0 radical (unpaired) electrons. The van der Waals surface area contributed by atoms with Gasteiger partial charge in [-0.3, -0.25) is 4.79 Å². The zero-order chi connectivity index (χ0) is 16.1. The number of carbonyl (C=O) groups excluding carboxylic acids is 1. The summed E-state index contributed by atoms with van der Waals surface area (Å²) in [6.07, 6.45) is 2.39. The van der Waals surface area contributed by atoms with Crippen LogP contribution in [0.1, 0.15) is 46.5 Å². The van der Waals surface area contributed by atoms with Crippen molar-refractivity contribution in [3.05, 3.63) is 0 Å². The molecule has 0 heterocycles. The van der Waals surface area contributed by atoms with Crippen LogP contribution in [0.4, 0.5) is 4.79 Å². The topological polar surface area (TPSA) is 84.9 Å². The van der Waals surface area contributed by atoms with E-state index in [1.165, 1.54) is 0 Å². The van der Waals surface area contributed by atoms with Gasteiger partial charge in [-0.15, -0.1) is 0 Å². The van der Waals surface area contributed by atoms with Crippen molar-refractivity contribution in [2.24, 2.45) is 11.3 Å². The van der Waals surface area contributed by atoms with Crippen LogP contribution < -0.4 is 5.32 Å². The minimum Gasteiger partial charge on any atom is -0.481 e. The summed E-state index contributed by atoms with van der Waals surface area (Å²) in [5.41, 5.74) is -1.50. The van der Waals surface area contributed by atoms with Gasteiger partial charge in [0.05, 0.1) is 5.41 Å². The van der Waals surface area contributed by atoms with Crippen LogP contribution in [0.3, 0.4) is 0 Å². The average molecular weight is 301 g/mol. The van der Waals surface area contributed by atoms with Crippen molar-refractivity contribution in [2.45, 2.75) is 52.1 Å². The maximum Gasteiger partial charge on any atom is 0.407 e. The zero-order valence-corrected chi connectivity index (χ0v) is 13.4. The molecule has 21 heavy (non-hydrogen) atoms. The SMILES string of the molecule is COCCCC(CNC(=O)OC(C)(C)C)(C(=O)O)C1CC1. The maximum absolute atomic E-state index is 11.8. The highest BCUT2D eigenvalue weighted by atomic mass is 16.6. The number of ether oxygens (including phenoxy) is 2. The van der Waals surface area contributed by atoms with E-state index in [0.717, 1.165) is 12.8 Å². The first-order chi connectivity index (χ1) is 9.71. The van der Waals surface area contributed by atoms with Crippen molar-refractivity contribution in [3.8, 4) is 0 Å². The molecule has 1 saturated carbocycles. The zero-order valence-electron chi connectivity index (χ0n) is 13.4. The van der Waals surface area contributed by atoms with Gasteiger partial charge in [-0.2, -0.15) is 0 Å².